The van der Waals surface area contributed by atoms with E-state index >= 15 is 0 Å². The minimum absolute atomic E-state index is 0.0124. The molecule has 0 bridgehead atoms. The quantitative estimate of drug-likeness (QED) is 0.425. The number of nitrogens with zero attached hydrogens (tertiary/aromatic N) is 2. The maximum atomic E-state index is 13.0. The predicted octanol–water partition coefficient (Wildman–Crippen LogP) is 6.92. The van der Waals surface area contributed by atoms with E-state index in [2.05, 4.69) is 30.1 Å². The monoisotopic (exact) mass is 460 g/mol. The van der Waals surface area contributed by atoms with Gasteiger partial charge < -0.3 is 4.74 Å². The number of carbonyl (C=O) groups is 1. The maximum absolute atomic E-state index is 13.0. The summed E-state index contributed by atoms with van der Waals surface area (Å²) in [6.07, 6.45) is 3.97. The molecule has 3 heterocycles. The van der Waals surface area contributed by atoms with E-state index in [0.717, 1.165) is 52.3 Å². The molecule has 1 aromatic carbocycles. The van der Waals surface area contributed by atoms with Crippen LogP contribution in [0.5, 0.6) is 0 Å². The van der Waals surface area contributed by atoms with Gasteiger partial charge in [-0.05, 0) is 90.0 Å². The maximum Gasteiger partial charge on any atom is 0.163 e. The van der Waals surface area contributed by atoms with E-state index in [1.54, 1.807) is 6.92 Å². The third-order valence-electron chi connectivity index (χ3n) is 6.71. The van der Waals surface area contributed by atoms with Gasteiger partial charge in [0, 0.05) is 38.4 Å². The van der Waals surface area contributed by atoms with Crippen molar-refractivity contribution in [3.63, 3.8) is 0 Å². The Labute approximate surface area is 200 Å². The van der Waals surface area contributed by atoms with Crippen LogP contribution in [-0.2, 0) is 28.9 Å². The molecule has 0 fully saturated rings. The van der Waals surface area contributed by atoms with Gasteiger partial charge in [0.1, 0.15) is 10.9 Å². The Hall–Kier alpha value is -2.37. The van der Waals surface area contributed by atoms with Crippen molar-refractivity contribution in [2.24, 2.45) is 4.99 Å². The van der Waals surface area contributed by atoms with Gasteiger partial charge in [-0.3, -0.25) is 9.79 Å². The molecule has 1 aliphatic heterocycles. The van der Waals surface area contributed by atoms with Crippen molar-refractivity contribution < 1.29 is 9.53 Å². The van der Waals surface area contributed by atoms with Crippen molar-refractivity contribution in [3.05, 3.63) is 51.0 Å². The number of hydrogen-bond donors (Lipinski definition) is 0. The smallest absolute Gasteiger partial charge is 0.163 e. The molecule has 0 N–H and O–H groups in total. The minimum Gasteiger partial charge on any atom is -0.360 e. The lowest BCUT2D eigenvalue weighted by Crippen LogP contribution is -2.27. The van der Waals surface area contributed by atoms with E-state index in [4.69, 9.17) is 9.72 Å². The zero-order valence-electron chi connectivity index (χ0n) is 20.5. The number of fused-ring (bicyclic) bond motifs is 4. The van der Waals surface area contributed by atoms with Gasteiger partial charge in [-0.25, -0.2) is 4.98 Å². The van der Waals surface area contributed by atoms with Gasteiger partial charge >= 0.3 is 0 Å². The van der Waals surface area contributed by atoms with Gasteiger partial charge in [-0.15, -0.1) is 11.3 Å². The molecular formula is C28H32N2O2S. The summed E-state index contributed by atoms with van der Waals surface area (Å²) in [6, 6.07) is 6.66. The minimum atomic E-state index is -0.654. The van der Waals surface area contributed by atoms with Crippen LogP contribution < -0.4 is 0 Å². The van der Waals surface area contributed by atoms with Crippen LogP contribution in [0.3, 0.4) is 0 Å². The zero-order valence-corrected chi connectivity index (χ0v) is 21.3. The Kier molecular flexibility index (Phi) is 5.53. The van der Waals surface area contributed by atoms with E-state index in [0.29, 0.717) is 0 Å². The van der Waals surface area contributed by atoms with Crippen LogP contribution in [0.4, 0.5) is 0 Å². The van der Waals surface area contributed by atoms with Gasteiger partial charge in [0.2, 0.25) is 0 Å². The molecule has 5 heteroatoms. The molecule has 2 aromatic heterocycles. The lowest BCUT2D eigenvalue weighted by molar-refractivity contribution is -0.138. The topological polar surface area (TPSA) is 51.5 Å². The number of ether oxygens (including phenoxy) is 1. The molecule has 0 unspecified atom stereocenters. The highest BCUT2D eigenvalue weighted by Crippen LogP contribution is 2.46. The standard InChI is InChI=1S/C28H32N2O2S/c1-15-21-13-18(11-12-19(21)14-29-15)24-23(26(17(3)31)32-28(4,5)6)16(2)30-27-25(24)20-9-7-8-10-22(20)33-27/h11-13,26H,7-10,14H2,1-6H3/t26-/m1/s1. The molecule has 33 heavy (non-hydrogen) atoms. The van der Waals surface area contributed by atoms with Crippen LogP contribution >= 0.6 is 11.3 Å². The fraction of sp³-hybridized carbons (Fsp3) is 0.464. The fourth-order valence-corrected chi connectivity index (χ4v) is 6.55. The average molecular weight is 461 g/mol. The lowest BCUT2D eigenvalue weighted by atomic mass is 9.86. The molecule has 5 rings (SSSR count). The molecule has 0 radical (unpaired) electrons. The zero-order chi connectivity index (χ0) is 23.5. The number of aromatic nitrogens is 1. The molecule has 0 spiro atoms. The number of pyridine rings is 1. The van der Waals surface area contributed by atoms with Crippen LogP contribution in [0, 0.1) is 6.92 Å². The Morgan fingerprint density at radius 2 is 1.91 bits per heavy atom. The highest BCUT2D eigenvalue weighted by Gasteiger charge is 2.32. The molecule has 0 amide bonds. The number of aliphatic imine (C=N–C) groups is 1. The first-order chi connectivity index (χ1) is 15.6. The number of carbonyl (C=O) groups excluding carboxylic acids is 1. The second kappa shape index (κ2) is 8.14. The number of Topliss-reactive ketones (excluding diaryl/α,β-unsaturated/α-hetero) is 1. The molecule has 3 aromatic rings. The summed E-state index contributed by atoms with van der Waals surface area (Å²) >= 11 is 1.83. The van der Waals surface area contributed by atoms with Crippen LogP contribution in [0.25, 0.3) is 21.3 Å². The summed E-state index contributed by atoms with van der Waals surface area (Å²) in [4.78, 5) is 25.2. The summed E-state index contributed by atoms with van der Waals surface area (Å²) < 4.78 is 6.40. The Morgan fingerprint density at radius 1 is 1.15 bits per heavy atom. The third-order valence-corrected chi connectivity index (χ3v) is 7.89. The van der Waals surface area contributed by atoms with Crippen molar-refractivity contribution in [2.75, 3.05) is 0 Å². The Bertz CT molecular complexity index is 1310. The second-order valence-electron chi connectivity index (χ2n) is 10.4. The summed E-state index contributed by atoms with van der Waals surface area (Å²) in [5.41, 5.74) is 8.59. The van der Waals surface area contributed by atoms with Crippen molar-refractivity contribution in [3.8, 4) is 11.1 Å². The first-order valence-electron chi connectivity index (χ1n) is 11.9. The van der Waals surface area contributed by atoms with Crippen LogP contribution in [0.15, 0.2) is 23.2 Å². The lowest BCUT2D eigenvalue weighted by Gasteiger charge is -2.29. The van der Waals surface area contributed by atoms with Gasteiger partial charge in [-0.1, -0.05) is 12.1 Å². The number of ketones is 1. The van der Waals surface area contributed by atoms with Crippen molar-refractivity contribution >= 4 is 33.0 Å². The second-order valence-corrected chi connectivity index (χ2v) is 11.5. The number of rotatable bonds is 4. The van der Waals surface area contributed by atoms with E-state index in [1.165, 1.54) is 39.8 Å². The molecule has 0 saturated carbocycles. The molecular weight excluding hydrogens is 428 g/mol. The number of hydrogen-bond acceptors (Lipinski definition) is 5. The number of aryl methyl sites for hydroxylation is 3. The van der Waals surface area contributed by atoms with Crippen molar-refractivity contribution in [2.45, 2.75) is 85.5 Å². The van der Waals surface area contributed by atoms with Crippen molar-refractivity contribution in [1.29, 1.82) is 0 Å². The SMILES string of the molecule is CC(=O)[C@@H](OC(C)(C)C)c1c(C)nc2sc3c(c2c1-c1ccc2c(c1)C(C)=NC2)CCCC3. The first-order valence-corrected chi connectivity index (χ1v) is 12.7. The Morgan fingerprint density at radius 3 is 2.64 bits per heavy atom. The normalized spacial score (nSPS) is 16.5. The largest absolute Gasteiger partial charge is 0.360 e. The highest BCUT2D eigenvalue weighted by molar-refractivity contribution is 7.19. The fourth-order valence-electron chi connectivity index (χ4n) is 5.23. The van der Waals surface area contributed by atoms with E-state index in [9.17, 15) is 4.79 Å². The summed E-state index contributed by atoms with van der Waals surface area (Å²) in [7, 11) is 0. The summed E-state index contributed by atoms with van der Waals surface area (Å²) in [5, 5.41) is 1.23. The van der Waals surface area contributed by atoms with Crippen LogP contribution in [0.1, 0.15) is 86.4 Å². The van der Waals surface area contributed by atoms with E-state index in [-0.39, 0.29) is 5.78 Å². The molecule has 1 aliphatic carbocycles. The Balaban J connectivity index is 1.85. The van der Waals surface area contributed by atoms with Gasteiger partial charge in [0.15, 0.2) is 5.78 Å². The molecule has 4 nitrogen and oxygen atoms in total. The van der Waals surface area contributed by atoms with Crippen LogP contribution in [0.2, 0.25) is 0 Å². The summed E-state index contributed by atoms with van der Waals surface area (Å²) in [6.45, 7) is 12.5. The van der Waals surface area contributed by atoms with E-state index < -0.39 is 11.7 Å². The predicted molar refractivity (Wildman–Crippen MR) is 137 cm³/mol. The van der Waals surface area contributed by atoms with Crippen molar-refractivity contribution in [1.82, 2.24) is 4.98 Å². The number of thiophene rings is 1. The van der Waals surface area contributed by atoms with Gasteiger partial charge in [0.05, 0.1) is 12.1 Å². The first kappa shape index (κ1) is 22.4. The van der Waals surface area contributed by atoms with E-state index in [1.807, 2.05) is 39.0 Å². The third kappa shape index (κ3) is 3.95. The van der Waals surface area contributed by atoms with Gasteiger partial charge in [0.25, 0.3) is 0 Å². The molecule has 172 valence electrons. The number of benzene rings is 1. The average Bonchev–Trinajstić information content (AvgIpc) is 3.30. The van der Waals surface area contributed by atoms with Gasteiger partial charge in [-0.2, -0.15) is 0 Å². The molecule has 0 saturated heterocycles. The van der Waals surface area contributed by atoms with Crippen LogP contribution in [-0.4, -0.2) is 22.1 Å². The highest BCUT2D eigenvalue weighted by atomic mass is 32.1. The molecule has 2 aliphatic rings. The summed E-state index contributed by atoms with van der Waals surface area (Å²) in [5.74, 6) is 0.0124. The molecule has 1 atom stereocenters.